The maximum Gasteiger partial charge on any atom is 0.323 e. The van der Waals surface area contributed by atoms with Crippen LogP contribution in [-0.2, 0) is 112 Å². The fourth-order valence-corrected chi connectivity index (χ4v) is 17.4. The largest absolute Gasteiger partial charge is 0.508 e. The summed E-state index contributed by atoms with van der Waals surface area (Å²) in [6.07, 6.45) is -1.05. The van der Waals surface area contributed by atoms with Crippen molar-refractivity contribution in [3.8, 4) is 5.75 Å². The van der Waals surface area contributed by atoms with Gasteiger partial charge in [-0.2, -0.15) is 0 Å². The Morgan fingerprint density at radius 1 is 0.537 bits per heavy atom. The van der Waals surface area contributed by atoms with E-state index in [1.165, 1.54) is 63.1 Å². The summed E-state index contributed by atoms with van der Waals surface area (Å²) in [6, 6.07) is -4.36. The van der Waals surface area contributed by atoms with Gasteiger partial charge in [-0.25, -0.2) is 0 Å². The number of thioether (sulfide) groups is 1. The lowest BCUT2D eigenvalue weighted by Gasteiger charge is -2.36. The number of aromatic nitrogens is 2. The van der Waals surface area contributed by atoms with E-state index in [0.29, 0.717) is 51.3 Å². The van der Waals surface area contributed by atoms with E-state index in [2.05, 4.69) is 63.5 Å². The highest BCUT2D eigenvalue weighted by molar-refractivity contribution is 8.00. The minimum absolute atomic E-state index is 0.00118. The fourth-order valence-electron chi connectivity index (χ4n) is 16.5. The van der Waals surface area contributed by atoms with Crippen molar-refractivity contribution in [2.24, 2.45) is 17.2 Å². The van der Waals surface area contributed by atoms with Gasteiger partial charge in [-0.3, -0.25) is 91.7 Å². The van der Waals surface area contributed by atoms with E-state index < -0.39 is 286 Å². The van der Waals surface area contributed by atoms with Gasteiger partial charge >= 0.3 is 5.97 Å². The van der Waals surface area contributed by atoms with Crippen LogP contribution in [0.4, 0.5) is 0 Å². The molecule has 3 aromatic carbocycles. The molecule has 136 heavy (non-hydrogen) atoms. The molecule has 0 bridgehead atoms. The molecule has 742 valence electrons. The molecule has 0 saturated carbocycles. The third-order valence-electron chi connectivity index (χ3n) is 24.0. The van der Waals surface area contributed by atoms with Crippen LogP contribution in [-0.4, -0.2) is 346 Å². The number of aromatic hydroxyl groups is 1. The van der Waals surface area contributed by atoms with Crippen LogP contribution < -0.4 is 75.7 Å². The van der Waals surface area contributed by atoms with E-state index in [-0.39, 0.29) is 83.0 Å². The number of benzene rings is 3. The minimum Gasteiger partial charge on any atom is -0.508 e. The number of fused-ring (bicyclic) bond motifs is 4. The summed E-state index contributed by atoms with van der Waals surface area (Å²) in [5.41, 5.74) is 18.8. The number of carboxylic acids is 1. The molecule has 3 fully saturated rings. The molecule has 0 radical (unpaired) electrons. The molecule has 46 nitrogen and oxygen atoms in total. The Bertz CT molecular complexity index is 5130. The van der Waals surface area contributed by atoms with Crippen molar-refractivity contribution in [3.63, 3.8) is 0 Å². The third-order valence-corrected chi connectivity index (χ3v) is 25.0. The van der Waals surface area contributed by atoms with Crippen LogP contribution in [0.15, 0.2) is 85.2 Å². The zero-order valence-electron chi connectivity index (χ0n) is 76.7. The number of phenolic OH excluding ortho intramolecular Hbond substituents is 1. The first-order valence-electron chi connectivity index (χ1n) is 45.0. The van der Waals surface area contributed by atoms with Crippen molar-refractivity contribution in [2.75, 3.05) is 78.6 Å². The maximum atomic E-state index is 15.9. The van der Waals surface area contributed by atoms with Gasteiger partial charge in [0.05, 0.1) is 31.4 Å². The molecule has 3 aliphatic rings. The Balaban J connectivity index is 1.21. The number of rotatable bonds is 28. The van der Waals surface area contributed by atoms with Crippen molar-refractivity contribution in [1.29, 1.82) is 5.41 Å². The standard InChI is InChI=1S/C89H126N22O24S/c1-7-9-21-67-81(128)99-57(20-15-31-94-89(92)93)77(124)105-65(76(123)96-41-72(91)118)46-136-47-73(119)97-61(35-49-25-27-52(115)28-26-49)84(131)106(4)48(3)75(122)102-63(39-71(90)117)87(134)110-32-16-24-68(110)82(129)104-64(45-114)80(127)100-59(30-34-113)86(133)111-43-53(116)38-70(111)83(130)101-60(36-50-40-95-56-19-13-11-17-54(50)56)79(126)98-58(29-33-112)78(125)103-62(85(132)108(6)69(22-10-8-2)88(135)107(67)5)37-51-42-109(44-74(120)121)66-23-14-12-18-55(51)66/h11-14,17-19,23,25-28,40,42,48,53,57-65,67-70,95,112-116H,7-10,15-16,20-22,24,29-39,41,43-47H2,1-6H3,(H2,90,117)(H2,91,118)(H,96,123)(H,97,119)(H,98,126)(H,99,128)(H,100,127)(H,101,130)(H,102,122)(H,103,125)(H,104,129)(H,105,124)(H,120,121)(H4,92,93,94)/t48-,53+,57-,58-,59-,60-,61-,62-,63+,64-,65-,67-,68-,69-,70-/m0/s1. The number of primary amides is 2. The quantitative estimate of drug-likeness (QED) is 0.0126. The molecular weight excluding hydrogens is 1790 g/mol. The zero-order valence-corrected chi connectivity index (χ0v) is 77.5. The number of nitrogens with zero attached hydrogens (tertiary/aromatic N) is 6. The van der Waals surface area contributed by atoms with E-state index in [1.807, 2.05) is 0 Å². The number of carbonyl (C=O) groups is 18. The number of H-pyrrole nitrogens is 1. The van der Waals surface area contributed by atoms with Crippen molar-refractivity contribution in [2.45, 2.75) is 227 Å². The number of amides is 17. The second kappa shape index (κ2) is 51.8. The average molecular weight is 1920 g/mol. The Morgan fingerprint density at radius 2 is 1.09 bits per heavy atom. The van der Waals surface area contributed by atoms with Gasteiger partial charge in [0.1, 0.15) is 96.9 Å². The molecule has 25 N–H and O–H groups in total. The predicted octanol–water partition coefficient (Wildman–Crippen LogP) is -5.62. The number of unbranched alkanes of at least 4 members (excludes halogenated alkanes) is 2. The normalized spacial score (nSPS) is 24.6. The summed E-state index contributed by atoms with van der Waals surface area (Å²) >= 11 is 0.731. The van der Waals surface area contributed by atoms with E-state index in [4.69, 9.17) is 22.6 Å². The van der Waals surface area contributed by atoms with Crippen LogP contribution in [0, 0.1) is 5.41 Å². The van der Waals surface area contributed by atoms with Crippen LogP contribution in [0.3, 0.4) is 0 Å². The maximum absolute atomic E-state index is 15.9. The summed E-state index contributed by atoms with van der Waals surface area (Å²) in [7, 11) is 3.76. The molecule has 0 unspecified atom stereocenters. The summed E-state index contributed by atoms with van der Waals surface area (Å²) < 4.78 is 1.40. The van der Waals surface area contributed by atoms with Crippen LogP contribution in [0.1, 0.15) is 127 Å². The number of likely N-dealkylation sites (N-methyl/N-ethyl adjacent to an activating group) is 3. The highest BCUT2D eigenvalue weighted by Gasteiger charge is 2.47. The van der Waals surface area contributed by atoms with Gasteiger partial charge in [0.2, 0.25) is 100 Å². The first kappa shape index (κ1) is 108. The van der Waals surface area contributed by atoms with Gasteiger partial charge in [-0.15, -0.1) is 11.8 Å². The predicted molar refractivity (Wildman–Crippen MR) is 493 cm³/mol. The number of para-hydroxylation sites is 2. The van der Waals surface area contributed by atoms with Crippen LogP contribution in [0.5, 0.6) is 5.75 Å². The number of carboxylic acid groups (broad SMARTS) is 1. The Morgan fingerprint density at radius 3 is 1.74 bits per heavy atom. The molecule has 47 heteroatoms. The topological polar surface area (TPSA) is 700 Å². The highest BCUT2D eigenvalue weighted by atomic mass is 32.2. The Kier molecular flexibility index (Phi) is 41.1. The monoisotopic (exact) mass is 1920 g/mol. The first-order valence-corrected chi connectivity index (χ1v) is 46.1. The molecule has 0 spiro atoms. The van der Waals surface area contributed by atoms with E-state index in [9.17, 15) is 88.2 Å². The number of phenols is 1. The number of aromatic amines is 1. The molecule has 2 aromatic heterocycles. The smallest absolute Gasteiger partial charge is 0.323 e. The molecule has 0 aliphatic carbocycles. The van der Waals surface area contributed by atoms with Gasteiger partial charge in [-0.1, -0.05) is 88.1 Å². The lowest BCUT2D eigenvalue weighted by atomic mass is 9.99. The molecule has 15 atom stereocenters. The van der Waals surface area contributed by atoms with E-state index in [0.717, 1.165) is 36.3 Å². The molecule has 17 amide bonds. The summed E-state index contributed by atoms with van der Waals surface area (Å²) in [5.74, 6) is -20.4. The number of nitrogens with two attached hydrogens (primary N) is 3. The number of aliphatic hydroxyl groups excluding tert-OH is 4. The zero-order chi connectivity index (χ0) is 99.9. The van der Waals surface area contributed by atoms with Gasteiger partial charge in [-0.05, 0) is 99.2 Å². The Hall–Kier alpha value is -13.5. The molecule has 8 rings (SSSR count). The number of aliphatic hydroxyl groups is 4. The van der Waals surface area contributed by atoms with Gasteiger partial charge in [0.15, 0.2) is 5.96 Å². The Labute approximate surface area is 787 Å². The van der Waals surface area contributed by atoms with Crippen molar-refractivity contribution in [1.82, 2.24) is 92.5 Å². The second-order valence-corrected chi connectivity index (χ2v) is 35.0. The van der Waals surface area contributed by atoms with Crippen molar-refractivity contribution in [3.05, 3.63) is 102 Å². The van der Waals surface area contributed by atoms with Gasteiger partial charge < -0.3 is 140 Å². The summed E-state index contributed by atoms with van der Waals surface area (Å²) in [5, 5.41) is 100. The SMILES string of the molecule is CCCC[C@H]1C(=O)N(C)[C@@H](CCCC)C(=O)N[C@@H](CCCNC(=N)N)C(=O)N[C@H](C(=O)NCC(N)=O)CSCC(=O)N[C@@H](Cc2ccc(O)cc2)C(=O)N(C)[C@@H](C)C(=O)N[C@H](CC(N)=O)C(=O)N2CCC[C@H]2C(=O)N[C@@H](CO)C(=O)N[C@@H](CCO)C(=O)N2C[C@H](O)C[C@H]2C(=O)N[C@@H](Cc2c[nH]c3ccccc23)C(=O)N[C@@H](CCO)C(=O)N[C@@H](Cc2cn(CC(=O)O)c3ccccc23)C(=O)N1C. The number of aliphatic carboxylic acids is 1. The second-order valence-electron chi connectivity index (χ2n) is 33.9. The lowest BCUT2D eigenvalue weighted by molar-refractivity contribution is -0.149. The van der Waals surface area contributed by atoms with E-state index in [1.54, 1.807) is 68.6 Å². The lowest BCUT2D eigenvalue weighted by Crippen LogP contribution is -2.61. The summed E-state index contributed by atoms with van der Waals surface area (Å²) in [6.45, 7) is -0.0811. The van der Waals surface area contributed by atoms with Crippen molar-refractivity contribution < 1.29 is 117 Å². The van der Waals surface area contributed by atoms with Crippen LogP contribution in [0.2, 0.25) is 0 Å². The number of nitrogens with one attached hydrogen (secondary N) is 13. The van der Waals surface area contributed by atoms with Gasteiger partial charge in [0.25, 0.3) is 0 Å². The number of carbonyl (C=O) groups excluding carboxylic acids is 17. The van der Waals surface area contributed by atoms with Crippen LogP contribution >= 0.6 is 11.8 Å². The first-order chi connectivity index (χ1) is 64.7. The number of guanidine groups is 1. The molecule has 5 heterocycles. The van der Waals surface area contributed by atoms with Gasteiger partial charge in [0, 0.05) is 120 Å². The third kappa shape index (κ3) is 30.0. The van der Waals surface area contributed by atoms with Crippen molar-refractivity contribution >= 4 is 146 Å². The minimum atomic E-state index is -1.93. The molecule has 3 saturated heterocycles. The van der Waals surface area contributed by atoms with E-state index >= 15 is 28.8 Å². The summed E-state index contributed by atoms with van der Waals surface area (Å²) in [4.78, 5) is 269. The fraction of sp³-hybridized carbons (Fsp3) is 0.539. The molecule has 3 aliphatic heterocycles. The average Bonchev–Trinajstić information content (AvgIpc) is 1.63. The number of hydrogen-bond donors (Lipinski definition) is 22. The molecular formula is C89H126N22O24S. The van der Waals surface area contributed by atoms with Crippen LogP contribution in [0.25, 0.3) is 21.8 Å². The molecule has 5 aromatic rings. The highest BCUT2D eigenvalue weighted by Crippen LogP contribution is 2.29. The number of hydrogen-bond acceptors (Lipinski definition) is 25.